The van der Waals surface area contributed by atoms with Gasteiger partial charge in [-0.05, 0) is 12.1 Å². The molecule has 0 bridgehead atoms. The van der Waals surface area contributed by atoms with Gasteiger partial charge in [-0.3, -0.25) is 4.72 Å². The molecule has 1 aromatic carbocycles. The third-order valence-electron chi connectivity index (χ3n) is 1.61. The van der Waals surface area contributed by atoms with Gasteiger partial charge in [0, 0.05) is 0 Å². The molecular formula is C8H9N3O3S. The van der Waals surface area contributed by atoms with Crippen LogP contribution < -0.4 is 14.6 Å². The van der Waals surface area contributed by atoms with E-state index in [1.165, 1.54) is 19.2 Å². The van der Waals surface area contributed by atoms with Crippen LogP contribution in [0.2, 0.25) is 0 Å². The number of hydrogen-bond donors (Lipinski definition) is 2. The standard InChI is InChI=1S/C8H9N3O3S/c1-14-7-4-2-3-6(5-9)8(7)11-15(10,12)13/h2-4,11H,1H3,(H2,10,12,13). The number of benzene rings is 1. The van der Waals surface area contributed by atoms with Crippen LogP contribution in [0.1, 0.15) is 5.56 Å². The molecule has 7 heteroatoms. The van der Waals surface area contributed by atoms with Gasteiger partial charge in [0.15, 0.2) is 0 Å². The minimum Gasteiger partial charge on any atom is -0.495 e. The molecular weight excluding hydrogens is 218 g/mol. The molecule has 0 fully saturated rings. The van der Waals surface area contributed by atoms with Crippen molar-refractivity contribution >= 4 is 15.9 Å². The van der Waals surface area contributed by atoms with Crippen molar-refractivity contribution in [3.8, 4) is 11.8 Å². The Labute approximate surface area is 87.5 Å². The summed E-state index contributed by atoms with van der Waals surface area (Å²) in [5.74, 6) is 0.239. The van der Waals surface area contributed by atoms with E-state index in [9.17, 15) is 8.42 Å². The van der Waals surface area contributed by atoms with Gasteiger partial charge in [-0.15, -0.1) is 0 Å². The number of hydrogen-bond acceptors (Lipinski definition) is 4. The van der Waals surface area contributed by atoms with Gasteiger partial charge in [-0.25, -0.2) is 5.14 Å². The van der Waals surface area contributed by atoms with Crippen LogP contribution in [-0.2, 0) is 10.2 Å². The molecule has 1 aromatic rings. The van der Waals surface area contributed by atoms with Crippen molar-refractivity contribution in [1.82, 2.24) is 0 Å². The quantitative estimate of drug-likeness (QED) is 0.768. The predicted molar refractivity (Wildman–Crippen MR) is 54.4 cm³/mol. The fraction of sp³-hybridized carbons (Fsp3) is 0.125. The molecule has 0 atom stereocenters. The summed E-state index contributed by atoms with van der Waals surface area (Å²) < 4.78 is 28.6. The van der Waals surface area contributed by atoms with Gasteiger partial charge in [0.1, 0.15) is 17.5 Å². The number of nitrogens with zero attached hydrogens (tertiary/aromatic N) is 1. The zero-order valence-corrected chi connectivity index (χ0v) is 8.71. The molecule has 0 aliphatic rings. The number of methoxy groups -OCH3 is 1. The van der Waals surface area contributed by atoms with Crippen molar-refractivity contribution in [2.75, 3.05) is 11.8 Å². The molecule has 0 saturated heterocycles. The molecule has 3 N–H and O–H groups in total. The number of rotatable bonds is 3. The van der Waals surface area contributed by atoms with E-state index >= 15 is 0 Å². The third-order valence-corrected chi connectivity index (χ3v) is 2.10. The number of nitrogens with two attached hydrogens (primary N) is 1. The van der Waals surface area contributed by atoms with Gasteiger partial charge >= 0.3 is 0 Å². The monoisotopic (exact) mass is 227 g/mol. The van der Waals surface area contributed by atoms with Crippen LogP contribution in [-0.4, -0.2) is 15.5 Å². The summed E-state index contributed by atoms with van der Waals surface area (Å²) in [6.07, 6.45) is 0. The summed E-state index contributed by atoms with van der Waals surface area (Å²) in [6, 6.07) is 6.38. The second-order valence-corrected chi connectivity index (χ2v) is 3.94. The van der Waals surface area contributed by atoms with E-state index < -0.39 is 10.2 Å². The first kappa shape index (κ1) is 11.3. The summed E-state index contributed by atoms with van der Waals surface area (Å²) in [5, 5.41) is 13.6. The average Bonchev–Trinajstić information content (AvgIpc) is 2.16. The van der Waals surface area contributed by atoms with E-state index in [4.69, 9.17) is 15.1 Å². The van der Waals surface area contributed by atoms with Gasteiger partial charge in [0.2, 0.25) is 0 Å². The Morgan fingerprint density at radius 3 is 2.67 bits per heavy atom. The third kappa shape index (κ3) is 2.83. The summed E-state index contributed by atoms with van der Waals surface area (Å²) in [5.41, 5.74) is 0.188. The SMILES string of the molecule is COc1cccc(C#N)c1NS(N)(=O)=O. The van der Waals surface area contributed by atoms with Gasteiger partial charge in [0.25, 0.3) is 10.2 Å². The zero-order valence-electron chi connectivity index (χ0n) is 7.89. The van der Waals surface area contributed by atoms with Crippen molar-refractivity contribution in [2.45, 2.75) is 0 Å². The van der Waals surface area contributed by atoms with Crippen molar-refractivity contribution < 1.29 is 13.2 Å². The minimum atomic E-state index is -3.92. The molecule has 0 aliphatic carbocycles. The molecule has 0 heterocycles. The molecule has 0 spiro atoms. The lowest BCUT2D eigenvalue weighted by atomic mass is 10.2. The van der Waals surface area contributed by atoms with Gasteiger partial charge in [-0.2, -0.15) is 13.7 Å². The molecule has 0 aromatic heterocycles. The summed E-state index contributed by atoms with van der Waals surface area (Å²) >= 11 is 0. The van der Waals surface area contributed by atoms with E-state index in [-0.39, 0.29) is 17.0 Å². The Morgan fingerprint density at radius 1 is 1.53 bits per heavy atom. The Kier molecular flexibility index (Phi) is 3.14. The van der Waals surface area contributed by atoms with Crippen LogP contribution in [0.5, 0.6) is 5.75 Å². The second kappa shape index (κ2) is 4.16. The molecule has 80 valence electrons. The maximum absolute atomic E-state index is 10.8. The molecule has 0 amide bonds. The highest BCUT2D eigenvalue weighted by Crippen LogP contribution is 2.28. The second-order valence-electron chi connectivity index (χ2n) is 2.64. The fourth-order valence-corrected chi connectivity index (χ4v) is 1.54. The van der Waals surface area contributed by atoms with Crippen LogP contribution in [0.15, 0.2) is 18.2 Å². The van der Waals surface area contributed by atoms with E-state index in [0.717, 1.165) is 0 Å². The number of nitriles is 1. The lowest BCUT2D eigenvalue weighted by Gasteiger charge is -2.10. The van der Waals surface area contributed by atoms with Crippen molar-refractivity contribution in [1.29, 1.82) is 5.26 Å². The topological polar surface area (TPSA) is 105 Å². The number of para-hydroxylation sites is 1. The number of ether oxygens (including phenoxy) is 1. The van der Waals surface area contributed by atoms with Crippen LogP contribution in [0.3, 0.4) is 0 Å². The maximum atomic E-state index is 10.8. The Balaban J connectivity index is 3.30. The van der Waals surface area contributed by atoms with Crippen molar-refractivity contribution in [2.24, 2.45) is 5.14 Å². The van der Waals surface area contributed by atoms with Crippen molar-refractivity contribution in [3.63, 3.8) is 0 Å². The molecule has 1 rings (SSSR count). The Morgan fingerprint density at radius 2 is 2.20 bits per heavy atom. The molecule has 0 radical (unpaired) electrons. The molecule has 0 aliphatic heterocycles. The highest BCUT2D eigenvalue weighted by atomic mass is 32.2. The van der Waals surface area contributed by atoms with Gasteiger partial charge < -0.3 is 4.74 Å². The summed E-state index contributed by atoms with van der Waals surface area (Å²) in [6.45, 7) is 0. The number of nitrogens with one attached hydrogen (secondary N) is 1. The summed E-state index contributed by atoms with van der Waals surface area (Å²) in [4.78, 5) is 0. The smallest absolute Gasteiger partial charge is 0.296 e. The van der Waals surface area contributed by atoms with Gasteiger partial charge in [0.05, 0.1) is 12.7 Å². The first-order valence-corrected chi connectivity index (χ1v) is 5.40. The summed E-state index contributed by atoms with van der Waals surface area (Å²) in [7, 11) is -2.56. The van der Waals surface area contributed by atoms with Crippen molar-refractivity contribution in [3.05, 3.63) is 23.8 Å². The molecule has 0 saturated carbocycles. The van der Waals surface area contributed by atoms with E-state index in [1.807, 2.05) is 10.8 Å². The highest BCUT2D eigenvalue weighted by molar-refractivity contribution is 7.90. The lowest BCUT2D eigenvalue weighted by molar-refractivity contribution is 0.417. The fourth-order valence-electron chi connectivity index (χ4n) is 1.04. The van der Waals surface area contributed by atoms with Crippen LogP contribution in [0, 0.1) is 11.3 Å². The Bertz CT molecular complexity index is 504. The predicted octanol–water partition coefficient (Wildman–Crippen LogP) is 0.182. The first-order chi connectivity index (χ1) is 6.98. The highest BCUT2D eigenvalue weighted by Gasteiger charge is 2.12. The van der Waals surface area contributed by atoms with E-state index in [0.29, 0.717) is 0 Å². The first-order valence-electron chi connectivity index (χ1n) is 3.85. The molecule has 6 nitrogen and oxygen atoms in total. The lowest BCUT2D eigenvalue weighted by Crippen LogP contribution is -2.22. The van der Waals surface area contributed by atoms with Crippen LogP contribution in [0.25, 0.3) is 0 Å². The van der Waals surface area contributed by atoms with Gasteiger partial charge in [-0.1, -0.05) is 6.07 Å². The molecule has 0 unspecified atom stereocenters. The van der Waals surface area contributed by atoms with Crippen LogP contribution >= 0.6 is 0 Å². The normalized spacial score (nSPS) is 10.5. The maximum Gasteiger partial charge on any atom is 0.296 e. The largest absolute Gasteiger partial charge is 0.495 e. The zero-order chi connectivity index (χ0) is 11.5. The minimum absolute atomic E-state index is 0.0463. The number of anilines is 1. The van der Waals surface area contributed by atoms with Crippen LogP contribution in [0.4, 0.5) is 5.69 Å². The Hall–Kier alpha value is -1.78. The average molecular weight is 227 g/mol. The molecule has 15 heavy (non-hydrogen) atoms. The van der Waals surface area contributed by atoms with E-state index in [2.05, 4.69) is 0 Å². The van der Waals surface area contributed by atoms with E-state index in [1.54, 1.807) is 6.07 Å².